The molecule has 3 heterocycles. The van der Waals surface area contributed by atoms with Crippen LogP contribution in [-0.4, -0.2) is 27.1 Å². The number of anilines is 1. The summed E-state index contributed by atoms with van der Waals surface area (Å²) in [6.45, 7) is 4.24. The quantitative estimate of drug-likeness (QED) is 0.413. The molecule has 0 bridgehead atoms. The lowest BCUT2D eigenvalue weighted by Gasteiger charge is -2.43. The third-order valence-electron chi connectivity index (χ3n) is 6.39. The number of hydrogen-bond acceptors (Lipinski definition) is 4. The minimum Gasteiger partial charge on any atom is -0.350 e. The van der Waals surface area contributed by atoms with Crippen LogP contribution in [0, 0.1) is 5.82 Å². The van der Waals surface area contributed by atoms with E-state index < -0.39 is 5.54 Å². The van der Waals surface area contributed by atoms with Gasteiger partial charge in [0.25, 0.3) is 5.91 Å². The Morgan fingerprint density at radius 1 is 1.11 bits per heavy atom. The van der Waals surface area contributed by atoms with Gasteiger partial charge in [-0.05, 0) is 66.2 Å². The number of carbonyl (C=O) groups excluding carboxylic acids is 2. The van der Waals surface area contributed by atoms with Gasteiger partial charge in [-0.3, -0.25) is 19.2 Å². The van der Waals surface area contributed by atoms with Crippen LogP contribution in [0.5, 0.6) is 0 Å². The number of aromatic nitrogens is 2. The summed E-state index contributed by atoms with van der Waals surface area (Å²) in [6.07, 6.45) is 0.876. The Hall–Kier alpha value is -3.78. The molecule has 6 nitrogen and oxygen atoms in total. The standard InChI is InChI=1S/C27H25FN4O2S/c1-3-18-8-12-21(13-9-18)32-25(33)23-15-22(24-5-4-14-35-24)30-31(23)17-27(32,2)26(34)29-16-19-6-10-20(28)11-7-19/h4-15H,3,16-17H2,1-2H3,(H,29,34)/t27-/m1/s1. The topological polar surface area (TPSA) is 67.2 Å². The van der Waals surface area contributed by atoms with Crippen LogP contribution in [0.4, 0.5) is 10.1 Å². The third-order valence-corrected chi connectivity index (χ3v) is 7.28. The van der Waals surface area contributed by atoms with E-state index in [1.165, 1.54) is 12.1 Å². The van der Waals surface area contributed by atoms with Gasteiger partial charge in [0, 0.05) is 12.2 Å². The van der Waals surface area contributed by atoms with Gasteiger partial charge < -0.3 is 5.32 Å². The van der Waals surface area contributed by atoms with Crippen molar-refractivity contribution in [3.8, 4) is 10.6 Å². The number of halogens is 1. The third kappa shape index (κ3) is 4.25. The SMILES string of the molecule is CCc1ccc(N2C(=O)c3cc(-c4cccs4)nn3C[C@]2(C)C(=O)NCc2ccc(F)cc2)cc1. The maximum absolute atomic E-state index is 13.8. The Labute approximate surface area is 207 Å². The Balaban J connectivity index is 1.52. The van der Waals surface area contributed by atoms with Crippen molar-refractivity contribution in [3.05, 3.63) is 94.7 Å². The van der Waals surface area contributed by atoms with E-state index >= 15 is 0 Å². The zero-order valence-corrected chi connectivity index (χ0v) is 20.3. The molecule has 2 aromatic heterocycles. The Morgan fingerprint density at radius 3 is 2.49 bits per heavy atom. The zero-order chi connectivity index (χ0) is 24.6. The van der Waals surface area contributed by atoms with E-state index in [4.69, 9.17) is 0 Å². The fraction of sp³-hybridized carbons (Fsp3) is 0.222. The van der Waals surface area contributed by atoms with Crippen LogP contribution in [-0.2, 0) is 24.3 Å². The number of rotatable bonds is 6. The largest absolute Gasteiger partial charge is 0.350 e. The molecular formula is C27H25FN4O2S. The Bertz CT molecular complexity index is 1360. The predicted octanol–water partition coefficient (Wildman–Crippen LogP) is 5.05. The molecule has 1 aliphatic heterocycles. The van der Waals surface area contributed by atoms with E-state index in [0.717, 1.165) is 22.4 Å². The second kappa shape index (κ2) is 9.11. The summed E-state index contributed by atoms with van der Waals surface area (Å²) in [5.41, 5.74) is 2.49. The molecule has 1 N–H and O–H groups in total. The number of amides is 2. The van der Waals surface area contributed by atoms with Crippen LogP contribution in [0.3, 0.4) is 0 Å². The van der Waals surface area contributed by atoms with Crippen LogP contribution in [0.1, 0.15) is 35.5 Å². The Morgan fingerprint density at radius 2 is 1.83 bits per heavy atom. The smallest absolute Gasteiger partial charge is 0.277 e. The van der Waals surface area contributed by atoms with Crippen molar-refractivity contribution in [2.24, 2.45) is 0 Å². The van der Waals surface area contributed by atoms with E-state index in [0.29, 0.717) is 17.1 Å². The molecule has 0 saturated carbocycles. The average Bonchev–Trinajstić information content (AvgIpc) is 3.54. The molecule has 0 fully saturated rings. The van der Waals surface area contributed by atoms with Gasteiger partial charge in [0.1, 0.15) is 22.7 Å². The second-order valence-corrected chi connectivity index (χ2v) is 9.74. The van der Waals surface area contributed by atoms with Gasteiger partial charge in [-0.15, -0.1) is 11.3 Å². The highest BCUT2D eigenvalue weighted by Crippen LogP contribution is 2.35. The van der Waals surface area contributed by atoms with Crippen molar-refractivity contribution in [1.29, 1.82) is 0 Å². The molecule has 0 unspecified atom stereocenters. The second-order valence-electron chi connectivity index (χ2n) is 8.79. The molecule has 8 heteroatoms. The van der Waals surface area contributed by atoms with Gasteiger partial charge in [-0.2, -0.15) is 5.10 Å². The van der Waals surface area contributed by atoms with E-state index in [9.17, 15) is 14.0 Å². The van der Waals surface area contributed by atoms with Crippen molar-refractivity contribution in [3.63, 3.8) is 0 Å². The normalized spacial score (nSPS) is 17.3. The molecule has 1 aliphatic rings. The molecule has 2 amide bonds. The van der Waals surface area contributed by atoms with E-state index in [1.54, 1.807) is 46.0 Å². The summed E-state index contributed by atoms with van der Waals surface area (Å²) in [6, 6.07) is 19.4. The first kappa shape index (κ1) is 23.0. The molecule has 0 radical (unpaired) electrons. The van der Waals surface area contributed by atoms with E-state index in [2.05, 4.69) is 17.3 Å². The minimum atomic E-state index is -1.23. The number of carbonyl (C=O) groups is 2. The first-order valence-electron chi connectivity index (χ1n) is 11.5. The molecule has 5 rings (SSSR count). The molecule has 0 saturated heterocycles. The van der Waals surface area contributed by atoms with Crippen LogP contribution >= 0.6 is 11.3 Å². The minimum absolute atomic E-state index is 0.199. The molecule has 0 aliphatic carbocycles. The highest BCUT2D eigenvalue weighted by Gasteiger charge is 2.48. The summed E-state index contributed by atoms with van der Waals surface area (Å²) >= 11 is 1.55. The van der Waals surface area contributed by atoms with Crippen LogP contribution in [0.25, 0.3) is 10.6 Å². The number of benzene rings is 2. The van der Waals surface area contributed by atoms with Gasteiger partial charge >= 0.3 is 0 Å². The van der Waals surface area contributed by atoms with Crippen molar-refractivity contribution >= 4 is 28.8 Å². The van der Waals surface area contributed by atoms with Crippen LogP contribution in [0.2, 0.25) is 0 Å². The van der Waals surface area contributed by atoms with Gasteiger partial charge in [0.15, 0.2) is 0 Å². The monoisotopic (exact) mass is 488 g/mol. The number of hydrogen-bond donors (Lipinski definition) is 1. The summed E-state index contributed by atoms with van der Waals surface area (Å²) in [5, 5.41) is 9.57. The van der Waals surface area contributed by atoms with E-state index in [-0.39, 0.29) is 30.7 Å². The highest BCUT2D eigenvalue weighted by atomic mass is 32.1. The lowest BCUT2D eigenvalue weighted by molar-refractivity contribution is -0.126. The summed E-state index contributed by atoms with van der Waals surface area (Å²) in [7, 11) is 0. The lowest BCUT2D eigenvalue weighted by atomic mass is 9.93. The first-order valence-corrected chi connectivity index (χ1v) is 12.3. The molecular weight excluding hydrogens is 463 g/mol. The van der Waals surface area contributed by atoms with Crippen molar-refractivity contribution in [2.75, 3.05) is 4.90 Å². The van der Waals surface area contributed by atoms with Gasteiger partial charge in [0.05, 0.1) is 11.4 Å². The van der Waals surface area contributed by atoms with Crippen molar-refractivity contribution < 1.29 is 14.0 Å². The molecule has 1 atom stereocenters. The highest BCUT2D eigenvalue weighted by molar-refractivity contribution is 7.13. The number of thiophene rings is 1. The van der Waals surface area contributed by atoms with Gasteiger partial charge in [0.2, 0.25) is 5.91 Å². The molecule has 35 heavy (non-hydrogen) atoms. The summed E-state index contributed by atoms with van der Waals surface area (Å²) < 4.78 is 14.9. The zero-order valence-electron chi connectivity index (χ0n) is 19.5. The lowest BCUT2D eigenvalue weighted by Crippen LogP contribution is -2.64. The number of nitrogens with one attached hydrogen (secondary N) is 1. The maximum atomic E-state index is 13.8. The summed E-state index contributed by atoms with van der Waals surface area (Å²) in [5.74, 6) is -0.928. The Kier molecular flexibility index (Phi) is 5.98. The molecule has 178 valence electrons. The molecule has 4 aromatic rings. The van der Waals surface area contributed by atoms with Crippen molar-refractivity contribution in [2.45, 2.75) is 38.9 Å². The van der Waals surface area contributed by atoms with Crippen LogP contribution in [0.15, 0.2) is 72.1 Å². The fourth-order valence-electron chi connectivity index (χ4n) is 4.39. The van der Waals surface area contributed by atoms with Crippen molar-refractivity contribution in [1.82, 2.24) is 15.1 Å². The summed E-state index contributed by atoms with van der Waals surface area (Å²) in [4.78, 5) is 30.0. The van der Waals surface area contributed by atoms with Gasteiger partial charge in [-0.1, -0.05) is 37.3 Å². The number of nitrogens with zero attached hydrogens (tertiary/aromatic N) is 3. The fourth-order valence-corrected chi connectivity index (χ4v) is 5.07. The van der Waals surface area contributed by atoms with Crippen LogP contribution < -0.4 is 10.2 Å². The van der Waals surface area contributed by atoms with E-state index in [1.807, 2.05) is 41.8 Å². The number of fused-ring (bicyclic) bond motifs is 1. The predicted molar refractivity (Wildman–Crippen MR) is 135 cm³/mol. The first-order chi connectivity index (χ1) is 16.9. The average molecular weight is 489 g/mol. The van der Waals surface area contributed by atoms with Gasteiger partial charge in [-0.25, -0.2) is 4.39 Å². The molecule has 0 spiro atoms. The number of aryl methyl sites for hydroxylation is 1. The molecule has 2 aromatic carbocycles. The maximum Gasteiger partial charge on any atom is 0.277 e.